The van der Waals surface area contributed by atoms with Crippen molar-refractivity contribution in [2.75, 3.05) is 0 Å². The van der Waals surface area contributed by atoms with Gasteiger partial charge in [-0.2, -0.15) is 0 Å². The first-order chi connectivity index (χ1) is 12.3. The summed E-state index contributed by atoms with van der Waals surface area (Å²) < 4.78 is 0. The molecule has 0 aliphatic rings. The molecular formula is C18H34N2O6. The summed E-state index contributed by atoms with van der Waals surface area (Å²) in [5.41, 5.74) is 0. The number of hydrogen-bond donors (Lipinski definition) is 5. The molecule has 0 radical (unpaired) electrons. The normalized spacial score (nSPS) is 14.4. The number of amides is 1. The molecule has 1 unspecified atom stereocenters. The molecule has 0 saturated carbocycles. The molecular weight excluding hydrogens is 340 g/mol. The van der Waals surface area contributed by atoms with Gasteiger partial charge in [0.15, 0.2) is 6.17 Å². The molecule has 0 aliphatic heterocycles. The van der Waals surface area contributed by atoms with Gasteiger partial charge in [-0.1, -0.05) is 58.3 Å². The maximum Gasteiger partial charge on any atom is 0.341 e. The monoisotopic (exact) mass is 374 g/mol. The van der Waals surface area contributed by atoms with Crippen molar-refractivity contribution >= 4 is 17.8 Å². The van der Waals surface area contributed by atoms with E-state index in [4.69, 9.17) is 10.2 Å². The molecule has 0 fully saturated rings. The fraction of sp³-hybridized carbons (Fsp3) is 0.833. The standard InChI is InChI=1S/C18H34N2O6/c1-3-4-5-6-7-8-9-10-11-12-14(22)19-16(18(25)26)20-15(13(2)21)17(23)24/h13,15-16,20-21H,3-12H2,1-2H3,(H,19,22)(H,23,24)(H,25,26)/t13-,15+,16?/m1/s1. The van der Waals surface area contributed by atoms with Gasteiger partial charge in [0.05, 0.1) is 6.10 Å². The third-order valence-electron chi connectivity index (χ3n) is 4.15. The second-order valence-corrected chi connectivity index (χ2v) is 6.64. The molecule has 0 aromatic heterocycles. The average Bonchev–Trinajstić information content (AvgIpc) is 2.56. The summed E-state index contributed by atoms with van der Waals surface area (Å²) in [5.74, 6) is -3.25. The third-order valence-corrected chi connectivity index (χ3v) is 4.15. The molecule has 26 heavy (non-hydrogen) atoms. The van der Waals surface area contributed by atoms with Gasteiger partial charge in [0.2, 0.25) is 5.91 Å². The van der Waals surface area contributed by atoms with Crippen LogP contribution in [0.3, 0.4) is 0 Å². The van der Waals surface area contributed by atoms with Gasteiger partial charge < -0.3 is 20.6 Å². The van der Waals surface area contributed by atoms with Crippen LogP contribution >= 0.6 is 0 Å². The molecule has 152 valence electrons. The fourth-order valence-corrected chi connectivity index (χ4v) is 2.60. The molecule has 0 saturated heterocycles. The summed E-state index contributed by atoms with van der Waals surface area (Å²) in [5, 5.41) is 32.0. The van der Waals surface area contributed by atoms with E-state index in [0.717, 1.165) is 19.3 Å². The summed E-state index contributed by atoms with van der Waals surface area (Å²) in [7, 11) is 0. The van der Waals surface area contributed by atoms with Crippen molar-refractivity contribution in [2.24, 2.45) is 0 Å². The van der Waals surface area contributed by atoms with Crippen LogP contribution in [-0.4, -0.2) is 51.5 Å². The SMILES string of the molecule is CCCCCCCCCCCC(=O)NC(N[C@H](C(=O)O)[C@@H](C)O)C(=O)O. The van der Waals surface area contributed by atoms with Crippen molar-refractivity contribution in [3.63, 3.8) is 0 Å². The Bertz CT molecular complexity index is 428. The number of hydrogen-bond acceptors (Lipinski definition) is 5. The minimum absolute atomic E-state index is 0.188. The largest absolute Gasteiger partial charge is 0.480 e. The summed E-state index contributed by atoms with van der Waals surface area (Å²) in [4.78, 5) is 34.1. The second-order valence-electron chi connectivity index (χ2n) is 6.64. The second kappa shape index (κ2) is 14.5. The van der Waals surface area contributed by atoms with Gasteiger partial charge in [-0.3, -0.25) is 14.9 Å². The Balaban J connectivity index is 4.05. The van der Waals surface area contributed by atoms with E-state index in [9.17, 15) is 19.5 Å². The third kappa shape index (κ3) is 11.8. The van der Waals surface area contributed by atoms with Gasteiger partial charge >= 0.3 is 11.9 Å². The molecule has 8 nitrogen and oxygen atoms in total. The summed E-state index contributed by atoms with van der Waals surface area (Å²) in [6, 6.07) is -1.48. The first-order valence-corrected chi connectivity index (χ1v) is 9.48. The van der Waals surface area contributed by atoms with Gasteiger partial charge in [-0.05, 0) is 13.3 Å². The van der Waals surface area contributed by atoms with E-state index in [1.165, 1.54) is 39.0 Å². The van der Waals surface area contributed by atoms with Crippen LogP contribution in [0.25, 0.3) is 0 Å². The predicted molar refractivity (Wildman–Crippen MR) is 97.7 cm³/mol. The Labute approximate surface area is 155 Å². The highest BCUT2D eigenvalue weighted by Crippen LogP contribution is 2.10. The lowest BCUT2D eigenvalue weighted by Gasteiger charge is -2.23. The topological polar surface area (TPSA) is 136 Å². The number of nitrogens with one attached hydrogen (secondary N) is 2. The van der Waals surface area contributed by atoms with Crippen LogP contribution in [0, 0.1) is 0 Å². The highest BCUT2D eigenvalue weighted by molar-refractivity contribution is 5.84. The number of carbonyl (C=O) groups excluding carboxylic acids is 1. The van der Waals surface area contributed by atoms with Crippen LogP contribution in [0.2, 0.25) is 0 Å². The van der Waals surface area contributed by atoms with Crippen molar-refractivity contribution in [3.8, 4) is 0 Å². The van der Waals surface area contributed by atoms with Crippen LogP contribution < -0.4 is 10.6 Å². The smallest absolute Gasteiger partial charge is 0.341 e. The van der Waals surface area contributed by atoms with Crippen molar-refractivity contribution in [3.05, 3.63) is 0 Å². The van der Waals surface area contributed by atoms with E-state index in [-0.39, 0.29) is 6.42 Å². The van der Waals surface area contributed by atoms with E-state index >= 15 is 0 Å². The molecule has 0 spiro atoms. The quantitative estimate of drug-likeness (QED) is 0.205. The molecule has 0 heterocycles. The van der Waals surface area contributed by atoms with E-state index in [0.29, 0.717) is 6.42 Å². The lowest BCUT2D eigenvalue weighted by Crippen LogP contribution is -2.58. The zero-order valence-electron chi connectivity index (χ0n) is 15.9. The molecule has 1 amide bonds. The number of carboxylic acid groups (broad SMARTS) is 2. The molecule has 3 atom stereocenters. The zero-order valence-corrected chi connectivity index (χ0v) is 15.9. The Hall–Kier alpha value is -1.67. The first-order valence-electron chi connectivity index (χ1n) is 9.48. The summed E-state index contributed by atoms with van der Waals surface area (Å²) >= 11 is 0. The van der Waals surface area contributed by atoms with Crippen LogP contribution in [0.1, 0.15) is 78.1 Å². The van der Waals surface area contributed by atoms with E-state index < -0.39 is 36.2 Å². The lowest BCUT2D eigenvalue weighted by atomic mass is 10.1. The van der Waals surface area contributed by atoms with E-state index in [1.807, 2.05) is 0 Å². The van der Waals surface area contributed by atoms with E-state index in [1.54, 1.807) is 0 Å². The van der Waals surface area contributed by atoms with Crippen molar-refractivity contribution in [1.29, 1.82) is 0 Å². The molecule has 0 rings (SSSR count). The van der Waals surface area contributed by atoms with Crippen molar-refractivity contribution in [1.82, 2.24) is 10.6 Å². The van der Waals surface area contributed by atoms with Gasteiger partial charge in [0.1, 0.15) is 6.04 Å². The Morgan fingerprint density at radius 2 is 1.35 bits per heavy atom. The number of rotatable bonds is 16. The van der Waals surface area contributed by atoms with Gasteiger partial charge in [-0.25, -0.2) is 4.79 Å². The van der Waals surface area contributed by atoms with Gasteiger partial charge in [0, 0.05) is 6.42 Å². The maximum atomic E-state index is 11.9. The lowest BCUT2D eigenvalue weighted by molar-refractivity contribution is -0.147. The predicted octanol–water partition coefficient (Wildman–Crippen LogP) is 1.86. The Morgan fingerprint density at radius 3 is 1.77 bits per heavy atom. The number of aliphatic carboxylic acids is 2. The van der Waals surface area contributed by atoms with Crippen LogP contribution in [0.4, 0.5) is 0 Å². The minimum Gasteiger partial charge on any atom is -0.480 e. The van der Waals surface area contributed by atoms with Crippen LogP contribution in [-0.2, 0) is 14.4 Å². The fourth-order valence-electron chi connectivity index (χ4n) is 2.60. The van der Waals surface area contributed by atoms with Crippen LogP contribution in [0.15, 0.2) is 0 Å². The van der Waals surface area contributed by atoms with Crippen molar-refractivity contribution in [2.45, 2.75) is 96.4 Å². The minimum atomic E-state index is -1.56. The van der Waals surface area contributed by atoms with Gasteiger partial charge in [0.25, 0.3) is 0 Å². The first kappa shape index (κ1) is 24.3. The summed E-state index contributed by atoms with van der Waals surface area (Å²) in [6.45, 7) is 3.41. The number of carbonyl (C=O) groups is 3. The average molecular weight is 374 g/mol. The highest BCUT2D eigenvalue weighted by Gasteiger charge is 2.30. The number of aliphatic hydroxyl groups is 1. The maximum absolute atomic E-state index is 11.9. The van der Waals surface area contributed by atoms with Gasteiger partial charge in [-0.15, -0.1) is 0 Å². The zero-order chi connectivity index (χ0) is 19.9. The Kier molecular flexibility index (Phi) is 13.6. The Morgan fingerprint density at radius 1 is 0.846 bits per heavy atom. The molecule has 5 N–H and O–H groups in total. The molecule has 0 aromatic rings. The van der Waals surface area contributed by atoms with Crippen LogP contribution in [0.5, 0.6) is 0 Å². The number of carboxylic acids is 2. The molecule has 0 aromatic carbocycles. The number of unbranched alkanes of at least 4 members (excludes halogenated alkanes) is 8. The highest BCUT2D eigenvalue weighted by atomic mass is 16.4. The number of aliphatic hydroxyl groups excluding tert-OH is 1. The molecule has 0 aliphatic carbocycles. The molecule has 0 bridgehead atoms. The summed E-state index contributed by atoms with van der Waals surface area (Å²) in [6.07, 6.45) is 7.29. The molecule has 8 heteroatoms. The van der Waals surface area contributed by atoms with E-state index in [2.05, 4.69) is 17.6 Å². The van der Waals surface area contributed by atoms with Crippen molar-refractivity contribution < 1.29 is 29.7 Å².